The average molecular weight is 283 g/mol. The minimum absolute atomic E-state index is 0.149. The Morgan fingerprint density at radius 2 is 1.62 bits per heavy atom. The maximum Gasteiger partial charge on any atom is 0.265 e. The summed E-state index contributed by atoms with van der Waals surface area (Å²) in [6.45, 7) is 7.74. The van der Waals surface area contributed by atoms with Crippen molar-refractivity contribution in [2.75, 3.05) is 5.32 Å². The quantitative estimate of drug-likeness (QED) is 0.920. The molecule has 2 rings (SSSR count). The van der Waals surface area contributed by atoms with Crippen LogP contribution >= 0.6 is 0 Å². The first-order valence-electron chi connectivity index (χ1n) is 7.07. The summed E-state index contributed by atoms with van der Waals surface area (Å²) in [5, 5.41) is 2.92. The number of nitrogens with one attached hydrogen (secondary N) is 1. The van der Waals surface area contributed by atoms with E-state index in [4.69, 9.17) is 4.74 Å². The van der Waals surface area contributed by atoms with E-state index in [1.165, 1.54) is 0 Å². The van der Waals surface area contributed by atoms with Gasteiger partial charge in [-0.2, -0.15) is 0 Å². The third-order valence-electron chi connectivity index (χ3n) is 3.35. The topological polar surface area (TPSA) is 38.3 Å². The summed E-state index contributed by atoms with van der Waals surface area (Å²) in [7, 11) is 0. The fourth-order valence-electron chi connectivity index (χ4n) is 1.98. The molecule has 110 valence electrons. The molecule has 0 aliphatic rings. The molecule has 0 fully saturated rings. The molecule has 0 aromatic heterocycles. The standard InChI is InChI=1S/C18H21NO2/c1-12-6-9-16(10-7-12)21-15(4)18(20)19-17-11-13(2)5-8-14(17)3/h5-11,15H,1-4H3,(H,19,20)/t15-/m0/s1. The molecule has 0 radical (unpaired) electrons. The first kappa shape index (κ1) is 15.1. The van der Waals surface area contributed by atoms with Crippen molar-refractivity contribution < 1.29 is 9.53 Å². The Kier molecular flexibility index (Phi) is 4.63. The van der Waals surface area contributed by atoms with Gasteiger partial charge >= 0.3 is 0 Å². The normalized spacial score (nSPS) is 11.8. The zero-order chi connectivity index (χ0) is 15.4. The van der Waals surface area contributed by atoms with Gasteiger partial charge in [-0.1, -0.05) is 29.8 Å². The van der Waals surface area contributed by atoms with E-state index < -0.39 is 6.10 Å². The van der Waals surface area contributed by atoms with Crippen LogP contribution in [0, 0.1) is 20.8 Å². The number of amides is 1. The number of benzene rings is 2. The van der Waals surface area contributed by atoms with Crippen molar-refractivity contribution in [1.82, 2.24) is 0 Å². The molecule has 0 saturated heterocycles. The molecular weight excluding hydrogens is 262 g/mol. The highest BCUT2D eigenvalue weighted by atomic mass is 16.5. The van der Waals surface area contributed by atoms with Crippen molar-refractivity contribution in [2.24, 2.45) is 0 Å². The Bertz CT molecular complexity index is 632. The van der Waals surface area contributed by atoms with Gasteiger partial charge in [0.15, 0.2) is 6.10 Å². The Morgan fingerprint density at radius 3 is 2.29 bits per heavy atom. The molecule has 0 aliphatic heterocycles. The van der Waals surface area contributed by atoms with Crippen LogP contribution in [-0.4, -0.2) is 12.0 Å². The van der Waals surface area contributed by atoms with Crippen LogP contribution in [-0.2, 0) is 4.79 Å². The van der Waals surface area contributed by atoms with Crippen molar-refractivity contribution in [1.29, 1.82) is 0 Å². The van der Waals surface area contributed by atoms with Gasteiger partial charge < -0.3 is 10.1 Å². The smallest absolute Gasteiger partial charge is 0.265 e. The lowest BCUT2D eigenvalue weighted by atomic mass is 10.1. The van der Waals surface area contributed by atoms with Crippen LogP contribution in [0.1, 0.15) is 23.6 Å². The molecule has 1 atom stereocenters. The highest BCUT2D eigenvalue weighted by molar-refractivity contribution is 5.94. The lowest BCUT2D eigenvalue weighted by Crippen LogP contribution is -2.30. The van der Waals surface area contributed by atoms with E-state index in [-0.39, 0.29) is 5.91 Å². The number of aryl methyl sites for hydroxylation is 3. The number of anilines is 1. The molecule has 1 amide bonds. The van der Waals surface area contributed by atoms with Gasteiger partial charge in [0.05, 0.1) is 0 Å². The van der Waals surface area contributed by atoms with Crippen LogP contribution in [0.5, 0.6) is 5.75 Å². The van der Waals surface area contributed by atoms with Gasteiger partial charge in [-0.3, -0.25) is 4.79 Å². The first-order valence-corrected chi connectivity index (χ1v) is 7.07. The molecular formula is C18H21NO2. The van der Waals surface area contributed by atoms with Crippen molar-refractivity contribution in [3.8, 4) is 5.75 Å². The number of hydrogen-bond donors (Lipinski definition) is 1. The van der Waals surface area contributed by atoms with E-state index in [0.29, 0.717) is 5.75 Å². The molecule has 3 heteroatoms. The summed E-state index contributed by atoms with van der Waals surface area (Å²) < 4.78 is 5.66. The second-order valence-corrected chi connectivity index (χ2v) is 5.38. The van der Waals surface area contributed by atoms with Crippen LogP contribution in [0.4, 0.5) is 5.69 Å². The molecule has 0 saturated carbocycles. The SMILES string of the molecule is Cc1ccc(O[C@@H](C)C(=O)Nc2cc(C)ccc2C)cc1. The Balaban J connectivity index is 2.02. The summed E-state index contributed by atoms with van der Waals surface area (Å²) in [5.41, 5.74) is 4.15. The van der Waals surface area contributed by atoms with E-state index in [9.17, 15) is 4.79 Å². The minimum Gasteiger partial charge on any atom is -0.481 e. The number of carbonyl (C=O) groups excluding carboxylic acids is 1. The number of hydrogen-bond acceptors (Lipinski definition) is 2. The van der Waals surface area contributed by atoms with Crippen molar-refractivity contribution >= 4 is 11.6 Å². The molecule has 0 heterocycles. The van der Waals surface area contributed by atoms with Crippen LogP contribution in [0.3, 0.4) is 0 Å². The lowest BCUT2D eigenvalue weighted by molar-refractivity contribution is -0.122. The minimum atomic E-state index is -0.549. The molecule has 0 bridgehead atoms. The summed E-state index contributed by atoms with van der Waals surface area (Å²) in [4.78, 5) is 12.2. The van der Waals surface area contributed by atoms with E-state index >= 15 is 0 Å². The van der Waals surface area contributed by atoms with Crippen molar-refractivity contribution in [3.63, 3.8) is 0 Å². The van der Waals surface area contributed by atoms with Crippen LogP contribution in [0.2, 0.25) is 0 Å². The summed E-state index contributed by atoms with van der Waals surface area (Å²) in [6, 6.07) is 13.7. The second-order valence-electron chi connectivity index (χ2n) is 5.38. The number of carbonyl (C=O) groups is 1. The zero-order valence-electron chi connectivity index (χ0n) is 12.9. The third-order valence-corrected chi connectivity index (χ3v) is 3.35. The monoisotopic (exact) mass is 283 g/mol. The summed E-state index contributed by atoms with van der Waals surface area (Å²) in [6.07, 6.45) is -0.549. The van der Waals surface area contributed by atoms with E-state index in [2.05, 4.69) is 5.32 Å². The first-order chi connectivity index (χ1) is 9.95. The predicted octanol–water partition coefficient (Wildman–Crippen LogP) is 4.02. The highest BCUT2D eigenvalue weighted by Gasteiger charge is 2.15. The largest absolute Gasteiger partial charge is 0.481 e. The highest BCUT2D eigenvalue weighted by Crippen LogP contribution is 2.18. The zero-order valence-corrected chi connectivity index (χ0v) is 12.9. The second kappa shape index (κ2) is 6.44. The maximum absolute atomic E-state index is 12.2. The molecule has 2 aromatic rings. The van der Waals surface area contributed by atoms with Gasteiger partial charge in [0.1, 0.15) is 5.75 Å². The molecule has 0 spiro atoms. The molecule has 2 aromatic carbocycles. The fourth-order valence-corrected chi connectivity index (χ4v) is 1.98. The molecule has 0 aliphatic carbocycles. The number of ether oxygens (including phenoxy) is 1. The van der Waals surface area contributed by atoms with Gasteiger partial charge in [0.25, 0.3) is 5.91 Å². The van der Waals surface area contributed by atoms with Gasteiger partial charge in [0, 0.05) is 5.69 Å². The fraction of sp³-hybridized carbons (Fsp3) is 0.278. The van der Waals surface area contributed by atoms with Gasteiger partial charge in [-0.05, 0) is 57.0 Å². The Morgan fingerprint density at radius 1 is 1.00 bits per heavy atom. The molecule has 3 nitrogen and oxygen atoms in total. The van der Waals surface area contributed by atoms with Crippen molar-refractivity contribution in [2.45, 2.75) is 33.8 Å². The van der Waals surface area contributed by atoms with Gasteiger partial charge in [-0.25, -0.2) is 0 Å². The molecule has 21 heavy (non-hydrogen) atoms. The molecule has 0 unspecified atom stereocenters. The average Bonchev–Trinajstić information content (AvgIpc) is 2.45. The Hall–Kier alpha value is -2.29. The number of rotatable bonds is 4. The summed E-state index contributed by atoms with van der Waals surface area (Å²) in [5.74, 6) is 0.550. The lowest BCUT2D eigenvalue weighted by Gasteiger charge is -2.16. The third kappa shape index (κ3) is 4.09. The van der Waals surface area contributed by atoms with Crippen LogP contribution < -0.4 is 10.1 Å². The summed E-state index contributed by atoms with van der Waals surface area (Å²) >= 11 is 0. The maximum atomic E-state index is 12.2. The van der Waals surface area contributed by atoms with Crippen LogP contribution in [0.15, 0.2) is 42.5 Å². The van der Waals surface area contributed by atoms with E-state index in [1.807, 2.05) is 63.2 Å². The Labute approximate surface area is 126 Å². The van der Waals surface area contributed by atoms with E-state index in [1.54, 1.807) is 6.92 Å². The van der Waals surface area contributed by atoms with Gasteiger partial charge in [-0.15, -0.1) is 0 Å². The predicted molar refractivity (Wildman–Crippen MR) is 85.8 cm³/mol. The van der Waals surface area contributed by atoms with E-state index in [0.717, 1.165) is 22.4 Å². The van der Waals surface area contributed by atoms with Crippen molar-refractivity contribution in [3.05, 3.63) is 59.2 Å². The molecule has 1 N–H and O–H groups in total. The van der Waals surface area contributed by atoms with Crippen LogP contribution in [0.25, 0.3) is 0 Å². The van der Waals surface area contributed by atoms with Gasteiger partial charge in [0.2, 0.25) is 0 Å².